The molecular weight excluding hydrogens is 1230 g/mol. The van der Waals surface area contributed by atoms with Crippen molar-refractivity contribution < 1.29 is 76.9 Å². The van der Waals surface area contributed by atoms with E-state index in [1.165, 1.54) is 43.2 Å². The number of urea groups is 1. The third-order valence-electron chi connectivity index (χ3n) is 18.7. The molecule has 96 heavy (non-hydrogen) atoms. The molecule has 2 heterocycles. The van der Waals surface area contributed by atoms with Crippen LogP contribution in [0.3, 0.4) is 0 Å². The Balaban J connectivity index is 1.39. The number of primary amides is 1. The molecule has 532 valence electrons. The van der Waals surface area contributed by atoms with Crippen molar-refractivity contribution in [1.82, 2.24) is 35.1 Å². The summed E-state index contributed by atoms with van der Waals surface area (Å²) >= 11 is 0. The van der Waals surface area contributed by atoms with Gasteiger partial charge in [0.2, 0.25) is 29.5 Å². The highest BCUT2D eigenvalue weighted by Gasteiger charge is 2.44. The van der Waals surface area contributed by atoms with Crippen molar-refractivity contribution in [2.24, 2.45) is 47.2 Å². The number of nitrogens with two attached hydrogens (primary N) is 1. The number of imide groups is 1. The van der Waals surface area contributed by atoms with E-state index in [2.05, 4.69) is 16.0 Å². The van der Waals surface area contributed by atoms with Crippen molar-refractivity contribution in [3.8, 4) is 0 Å². The summed E-state index contributed by atoms with van der Waals surface area (Å²) in [7, 11) is 7.64. The van der Waals surface area contributed by atoms with E-state index in [0.717, 1.165) is 10.5 Å². The molecule has 2 aliphatic heterocycles. The van der Waals surface area contributed by atoms with Crippen molar-refractivity contribution in [3.05, 3.63) is 77.9 Å². The number of Topliss-reactive ketones (excluding diaryl/α,β-unsaturated/α-hetero) is 2. The molecule has 11 atom stereocenters. The number of carbonyl (C=O) groups is 12. The summed E-state index contributed by atoms with van der Waals surface area (Å²) < 4.78 is 17.8. The lowest BCUT2D eigenvalue weighted by Gasteiger charge is -2.41. The Kier molecular flexibility index (Phi) is 32.8. The molecule has 1 fully saturated rings. The van der Waals surface area contributed by atoms with E-state index in [9.17, 15) is 62.6 Å². The van der Waals surface area contributed by atoms with Gasteiger partial charge in [-0.2, -0.15) is 0 Å². The fraction of sp³-hybridized carbons (Fsp3) is 0.634. The van der Waals surface area contributed by atoms with Crippen LogP contribution < -0.4 is 21.7 Å². The van der Waals surface area contributed by atoms with Gasteiger partial charge in [0, 0.05) is 110 Å². The van der Waals surface area contributed by atoms with E-state index >= 15 is 0 Å². The number of nitrogens with zero attached hydrogens (tertiary/aromatic N) is 5. The number of ether oxygens (including phenoxy) is 3. The number of hydrogen-bond acceptors (Lipinski definition) is 15. The largest absolute Gasteiger partial charge is 0.480 e. The van der Waals surface area contributed by atoms with Crippen LogP contribution in [-0.4, -0.2) is 198 Å². The third-order valence-corrected chi connectivity index (χ3v) is 18.7. The molecule has 6 N–H and O–H groups in total. The van der Waals surface area contributed by atoms with Crippen LogP contribution in [-0.2, 0) is 75.2 Å². The number of rotatable bonds is 41. The number of hydrogen-bond donors (Lipinski definition) is 5. The first kappa shape index (κ1) is 80.4. The van der Waals surface area contributed by atoms with Crippen LogP contribution in [0.25, 0.3) is 0 Å². The van der Waals surface area contributed by atoms with Gasteiger partial charge in [-0.05, 0) is 85.5 Å². The molecule has 10 amide bonds. The summed E-state index contributed by atoms with van der Waals surface area (Å²) in [6.07, 6.45) is 3.67. The van der Waals surface area contributed by atoms with Gasteiger partial charge in [0.05, 0.1) is 48.7 Å². The molecule has 0 saturated carbocycles. The number of carboxylic acids is 1. The van der Waals surface area contributed by atoms with Crippen LogP contribution in [0, 0.1) is 41.4 Å². The summed E-state index contributed by atoms with van der Waals surface area (Å²) in [5, 5.41) is 18.1. The molecule has 2 aromatic carbocycles. The van der Waals surface area contributed by atoms with Gasteiger partial charge in [-0.1, -0.05) is 118 Å². The van der Waals surface area contributed by atoms with E-state index < -0.39 is 96.0 Å². The van der Waals surface area contributed by atoms with Crippen LogP contribution in [0.4, 0.5) is 15.3 Å². The monoisotopic (exact) mass is 1340 g/mol. The van der Waals surface area contributed by atoms with Crippen molar-refractivity contribution in [2.75, 3.05) is 60.3 Å². The van der Waals surface area contributed by atoms with E-state index in [1.54, 1.807) is 93.2 Å². The van der Waals surface area contributed by atoms with Gasteiger partial charge in [0.15, 0.2) is 11.6 Å². The zero-order chi connectivity index (χ0) is 71.7. The minimum absolute atomic E-state index is 0.0802. The summed E-state index contributed by atoms with van der Waals surface area (Å²) in [5.74, 6) is -8.16. The summed E-state index contributed by atoms with van der Waals surface area (Å²) in [4.78, 5) is 168. The number of anilines is 1. The normalized spacial score (nSPS) is 17.0. The molecule has 0 radical (unpaired) electrons. The molecule has 2 aromatic rings. The average Bonchev–Trinajstić information content (AvgIpc) is 1.25. The lowest BCUT2D eigenvalue weighted by Crippen LogP contribution is -2.55. The Morgan fingerprint density at radius 2 is 1.32 bits per heavy atom. The molecule has 0 aliphatic carbocycles. The van der Waals surface area contributed by atoms with Crippen LogP contribution in [0.15, 0.2) is 66.7 Å². The second-order valence-corrected chi connectivity index (χ2v) is 26.7. The highest BCUT2D eigenvalue weighted by atomic mass is 16.6. The molecule has 1 unspecified atom stereocenters. The number of likely N-dealkylation sites (tertiary alicyclic amines) is 1. The highest BCUT2D eigenvalue weighted by molar-refractivity contribution is 6.12. The van der Waals surface area contributed by atoms with Gasteiger partial charge in [0.25, 0.3) is 11.8 Å². The molecule has 4 rings (SSSR count). The molecular formula is C71H107N9O16. The Hall–Kier alpha value is -8.06. The van der Waals surface area contributed by atoms with Crippen molar-refractivity contribution in [3.63, 3.8) is 0 Å². The van der Waals surface area contributed by atoms with Crippen molar-refractivity contribution in [1.29, 1.82) is 0 Å². The van der Waals surface area contributed by atoms with Gasteiger partial charge in [0.1, 0.15) is 12.6 Å². The number of carbonyl (C=O) groups excluding carboxylic acids is 11. The first-order chi connectivity index (χ1) is 45.4. The summed E-state index contributed by atoms with van der Waals surface area (Å²) in [5.41, 5.74) is 6.95. The number of carboxylic acid groups (broad SMARTS) is 1. The number of unbranched alkanes of at least 4 members (excludes halogenated alkanes) is 2. The minimum Gasteiger partial charge on any atom is -0.480 e. The van der Waals surface area contributed by atoms with Crippen molar-refractivity contribution in [2.45, 2.75) is 195 Å². The number of likely N-dealkylation sites (N-methyl/N-ethyl adjacent to an activating group) is 3. The van der Waals surface area contributed by atoms with Crippen LogP contribution in [0.2, 0.25) is 0 Å². The number of ketones is 2. The van der Waals surface area contributed by atoms with Gasteiger partial charge < -0.3 is 60.6 Å². The zero-order valence-corrected chi connectivity index (χ0v) is 58.8. The van der Waals surface area contributed by atoms with E-state index in [0.29, 0.717) is 62.7 Å². The minimum atomic E-state index is -1.19. The number of benzene rings is 2. The summed E-state index contributed by atoms with van der Waals surface area (Å²) in [6.45, 7) is 17.1. The van der Waals surface area contributed by atoms with Crippen molar-refractivity contribution >= 4 is 76.7 Å². The smallest absolute Gasteiger partial charge is 0.410 e. The van der Waals surface area contributed by atoms with E-state index in [-0.39, 0.29) is 117 Å². The first-order valence-corrected chi connectivity index (χ1v) is 33.7. The maximum atomic E-state index is 14.9. The van der Waals surface area contributed by atoms with Crippen LogP contribution in [0.1, 0.15) is 150 Å². The lowest BCUT2D eigenvalue weighted by molar-refractivity contribution is -0.149. The maximum absolute atomic E-state index is 14.9. The molecule has 25 nitrogen and oxygen atoms in total. The van der Waals surface area contributed by atoms with Crippen LogP contribution in [0.5, 0.6) is 0 Å². The second kappa shape index (κ2) is 39.2. The standard InChI is InChI=1S/C71H107N9O16/c1-15-46(8)64(57(94-13)41-61(86)79-37-23-27-54(79)65(95-14)47(9)66(87)75-53(69(90)91)38-48-24-18-16-19-25-48)77(11)68(89)52(43(2)3)40-56(82)63(45(6)7)78(12)71(93)96-42-49-29-31-51(32-30-49)74-67(88)50(26-22-35-73-70(72)92)39-55(81)62(44(4)5)76(10)58(83)28-20-17-21-36-80-59(84)33-34-60(80)85/h16,18-19,24-25,29-34,43-47,50,52-54,57,62-65H,15,17,20-23,26-28,35-42H2,1-14H3,(H,74,88)(H,75,87)(H,90,91)(H3,72,73,92)/t46-,47+,50+,52-,53-,54-,57?,62-,63-,64-,65+/m0/s1. The number of nitrogens with one attached hydrogen (secondary N) is 3. The number of methoxy groups -OCH3 is 2. The third kappa shape index (κ3) is 23.4. The predicted octanol–water partition coefficient (Wildman–Crippen LogP) is 7.17. The first-order valence-electron chi connectivity index (χ1n) is 33.7. The quantitative estimate of drug-likeness (QED) is 0.0325. The topological polar surface area (TPSA) is 331 Å². The zero-order valence-electron chi connectivity index (χ0n) is 58.8. The van der Waals surface area contributed by atoms with E-state index in [4.69, 9.17) is 19.9 Å². The molecule has 0 bridgehead atoms. The van der Waals surface area contributed by atoms with Gasteiger partial charge in [-0.25, -0.2) is 14.4 Å². The Labute approximate surface area is 566 Å². The molecule has 2 aliphatic rings. The fourth-order valence-electron chi connectivity index (χ4n) is 13.2. The fourth-order valence-corrected chi connectivity index (χ4v) is 13.2. The Morgan fingerprint density at radius 1 is 0.708 bits per heavy atom. The van der Waals surface area contributed by atoms with Crippen LogP contribution >= 0.6 is 0 Å². The molecule has 25 heteroatoms. The van der Waals surface area contributed by atoms with Gasteiger partial charge >= 0.3 is 18.1 Å². The van der Waals surface area contributed by atoms with E-state index in [1.807, 2.05) is 47.6 Å². The summed E-state index contributed by atoms with van der Waals surface area (Å²) in [6, 6.07) is 10.6. The number of aliphatic carboxylic acids is 1. The predicted molar refractivity (Wildman–Crippen MR) is 361 cm³/mol. The molecule has 1 saturated heterocycles. The van der Waals surface area contributed by atoms with Gasteiger partial charge in [-0.3, -0.25) is 48.1 Å². The molecule has 0 aromatic heterocycles. The second-order valence-electron chi connectivity index (χ2n) is 26.7. The highest BCUT2D eigenvalue weighted by Crippen LogP contribution is 2.32. The van der Waals surface area contributed by atoms with Gasteiger partial charge in [-0.15, -0.1) is 0 Å². The SMILES string of the molecule is CC[C@H](C)[C@@H](C(CC(=O)N1CCC[C@H]1[C@H](OC)[C@@H](C)C(=O)N[C@@H](Cc1ccccc1)C(=O)O)OC)N(C)C(=O)[C@@H](CC(=O)[C@H](C(C)C)N(C)C(=O)OCc1ccc(NC(=O)[C@H](CCCNC(N)=O)CC(=O)[C@H](C(C)C)N(C)C(=O)CCCCCN2C(=O)C=CC2=O)cc1)C(C)C. The lowest BCUT2D eigenvalue weighted by atomic mass is 9.83. The molecule has 0 spiro atoms. The Bertz CT molecular complexity index is 2980. The maximum Gasteiger partial charge on any atom is 0.410 e. The Morgan fingerprint density at radius 3 is 1.89 bits per heavy atom. The average molecular weight is 1340 g/mol. The number of amides is 10.